The predicted octanol–water partition coefficient (Wildman–Crippen LogP) is 1.53. The largest absolute Gasteiger partial charge is 0.456 e. The maximum absolute atomic E-state index is 12.3. The van der Waals surface area contributed by atoms with Gasteiger partial charge in [0.15, 0.2) is 11.6 Å². The Bertz CT molecular complexity index is 645. The number of nitrogen functional groups attached to an aromatic ring is 1. The number of nitrogens with zero attached hydrogens (tertiary/aromatic N) is 3. The SMILES string of the molecule is Cc1ccc(C(=O)N2CCN(c3ncccc3N)CC2)o1. The summed E-state index contributed by atoms with van der Waals surface area (Å²) >= 11 is 0. The molecule has 0 spiro atoms. The number of pyridine rings is 1. The van der Waals surface area contributed by atoms with Crippen LogP contribution in [0, 0.1) is 6.92 Å². The molecule has 6 nitrogen and oxygen atoms in total. The van der Waals surface area contributed by atoms with Gasteiger partial charge in [-0.1, -0.05) is 0 Å². The third-order valence-electron chi connectivity index (χ3n) is 3.63. The Morgan fingerprint density at radius 2 is 2.00 bits per heavy atom. The van der Waals surface area contributed by atoms with Crippen LogP contribution in [0.25, 0.3) is 0 Å². The van der Waals surface area contributed by atoms with E-state index in [2.05, 4.69) is 9.88 Å². The highest BCUT2D eigenvalue weighted by Gasteiger charge is 2.25. The molecule has 2 aromatic heterocycles. The number of hydrogen-bond acceptors (Lipinski definition) is 5. The number of rotatable bonds is 2. The van der Waals surface area contributed by atoms with Gasteiger partial charge >= 0.3 is 0 Å². The number of hydrogen-bond donors (Lipinski definition) is 1. The number of anilines is 2. The van der Waals surface area contributed by atoms with Gasteiger partial charge in [-0.15, -0.1) is 0 Å². The maximum atomic E-state index is 12.3. The molecule has 6 heteroatoms. The Morgan fingerprint density at radius 3 is 2.62 bits per heavy atom. The summed E-state index contributed by atoms with van der Waals surface area (Å²) < 4.78 is 5.39. The van der Waals surface area contributed by atoms with Gasteiger partial charge in [-0.3, -0.25) is 4.79 Å². The minimum atomic E-state index is -0.0586. The van der Waals surface area contributed by atoms with E-state index < -0.39 is 0 Å². The summed E-state index contributed by atoms with van der Waals surface area (Å²) in [5, 5.41) is 0. The number of furan rings is 1. The number of aryl methyl sites for hydroxylation is 1. The summed E-state index contributed by atoms with van der Waals surface area (Å²) in [6.07, 6.45) is 1.73. The van der Waals surface area contributed by atoms with Crippen LogP contribution in [0.3, 0.4) is 0 Å². The Balaban J connectivity index is 1.65. The normalized spacial score (nSPS) is 15.3. The molecule has 1 fully saturated rings. The molecule has 0 aromatic carbocycles. The summed E-state index contributed by atoms with van der Waals surface area (Å²) in [6.45, 7) is 4.53. The molecular formula is C15H18N4O2. The zero-order valence-corrected chi connectivity index (χ0v) is 12.0. The van der Waals surface area contributed by atoms with Crippen LogP contribution in [0.5, 0.6) is 0 Å². The van der Waals surface area contributed by atoms with Gasteiger partial charge in [0.2, 0.25) is 0 Å². The molecule has 0 radical (unpaired) electrons. The second-order valence-electron chi connectivity index (χ2n) is 5.11. The first kappa shape index (κ1) is 13.5. The molecule has 2 N–H and O–H groups in total. The van der Waals surface area contributed by atoms with E-state index in [0.717, 1.165) is 11.6 Å². The van der Waals surface area contributed by atoms with Crippen LogP contribution < -0.4 is 10.6 Å². The van der Waals surface area contributed by atoms with Crippen molar-refractivity contribution in [2.45, 2.75) is 6.92 Å². The lowest BCUT2D eigenvalue weighted by Crippen LogP contribution is -2.49. The first-order chi connectivity index (χ1) is 10.1. The number of carbonyl (C=O) groups excluding carboxylic acids is 1. The monoisotopic (exact) mass is 286 g/mol. The molecule has 1 aliphatic heterocycles. The van der Waals surface area contributed by atoms with Crippen molar-refractivity contribution in [3.05, 3.63) is 42.0 Å². The summed E-state index contributed by atoms with van der Waals surface area (Å²) in [7, 11) is 0. The molecule has 1 saturated heterocycles. The third kappa shape index (κ3) is 2.69. The highest BCUT2D eigenvalue weighted by Crippen LogP contribution is 2.21. The van der Waals surface area contributed by atoms with Crippen LogP contribution in [0.2, 0.25) is 0 Å². The van der Waals surface area contributed by atoms with Crippen LogP contribution in [0.4, 0.5) is 11.5 Å². The number of piperazine rings is 1. The van der Waals surface area contributed by atoms with Gasteiger partial charge in [-0.25, -0.2) is 4.98 Å². The number of nitrogens with two attached hydrogens (primary N) is 1. The van der Waals surface area contributed by atoms with Crippen molar-refractivity contribution in [3.63, 3.8) is 0 Å². The molecular weight excluding hydrogens is 268 g/mol. The second-order valence-corrected chi connectivity index (χ2v) is 5.11. The Morgan fingerprint density at radius 1 is 1.24 bits per heavy atom. The van der Waals surface area contributed by atoms with Crippen LogP contribution in [0.1, 0.15) is 16.3 Å². The number of aromatic nitrogens is 1. The molecule has 2 aromatic rings. The lowest BCUT2D eigenvalue weighted by Gasteiger charge is -2.35. The van der Waals surface area contributed by atoms with E-state index in [-0.39, 0.29) is 5.91 Å². The second kappa shape index (κ2) is 5.47. The summed E-state index contributed by atoms with van der Waals surface area (Å²) in [6, 6.07) is 7.18. The molecule has 1 amide bonds. The van der Waals surface area contributed by atoms with Crippen molar-refractivity contribution >= 4 is 17.4 Å². The lowest BCUT2D eigenvalue weighted by atomic mass is 10.2. The molecule has 0 unspecified atom stereocenters. The van der Waals surface area contributed by atoms with Gasteiger partial charge in [-0.05, 0) is 31.2 Å². The quantitative estimate of drug-likeness (QED) is 0.906. The smallest absolute Gasteiger partial charge is 0.289 e. The fraction of sp³-hybridized carbons (Fsp3) is 0.333. The standard InChI is InChI=1S/C15H18N4O2/c1-11-4-5-13(21-11)15(20)19-9-7-18(8-10-19)14-12(16)3-2-6-17-14/h2-6H,7-10,16H2,1H3. The van der Waals surface area contributed by atoms with Gasteiger partial charge in [0.25, 0.3) is 5.91 Å². The molecule has 0 atom stereocenters. The van der Waals surface area contributed by atoms with Gasteiger partial charge in [-0.2, -0.15) is 0 Å². The Kier molecular flexibility index (Phi) is 3.51. The predicted molar refractivity (Wildman–Crippen MR) is 80.2 cm³/mol. The van der Waals surface area contributed by atoms with Crippen molar-refractivity contribution in [2.75, 3.05) is 36.8 Å². The Labute approximate surface area is 123 Å². The van der Waals surface area contributed by atoms with Crippen molar-refractivity contribution in [2.24, 2.45) is 0 Å². The molecule has 110 valence electrons. The Hall–Kier alpha value is -2.50. The first-order valence-electron chi connectivity index (χ1n) is 6.96. The van der Waals surface area contributed by atoms with E-state index in [1.165, 1.54) is 0 Å². The van der Waals surface area contributed by atoms with Gasteiger partial charge in [0.1, 0.15) is 5.76 Å². The minimum absolute atomic E-state index is 0.0586. The molecule has 0 aliphatic carbocycles. The van der Waals surface area contributed by atoms with Crippen molar-refractivity contribution in [3.8, 4) is 0 Å². The van der Waals surface area contributed by atoms with Crippen molar-refractivity contribution < 1.29 is 9.21 Å². The maximum Gasteiger partial charge on any atom is 0.289 e. The van der Waals surface area contributed by atoms with Crippen LogP contribution in [-0.2, 0) is 0 Å². The summed E-state index contributed by atoms with van der Waals surface area (Å²) in [4.78, 5) is 20.5. The summed E-state index contributed by atoms with van der Waals surface area (Å²) in [5.74, 6) is 1.88. The van der Waals surface area contributed by atoms with E-state index in [4.69, 9.17) is 10.2 Å². The zero-order valence-electron chi connectivity index (χ0n) is 12.0. The average Bonchev–Trinajstić information content (AvgIpc) is 2.94. The molecule has 0 saturated carbocycles. The van der Waals surface area contributed by atoms with E-state index in [0.29, 0.717) is 37.6 Å². The molecule has 21 heavy (non-hydrogen) atoms. The van der Waals surface area contributed by atoms with E-state index in [1.807, 2.05) is 19.1 Å². The van der Waals surface area contributed by atoms with E-state index >= 15 is 0 Å². The fourth-order valence-electron chi connectivity index (χ4n) is 2.50. The van der Waals surface area contributed by atoms with Gasteiger partial charge < -0.3 is 20.0 Å². The highest BCUT2D eigenvalue weighted by molar-refractivity contribution is 5.91. The minimum Gasteiger partial charge on any atom is -0.456 e. The fourth-order valence-corrected chi connectivity index (χ4v) is 2.50. The number of amides is 1. The van der Waals surface area contributed by atoms with Gasteiger partial charge in [0, 0.05) is 32.4 Å². The molecule has 0 bridgehead atoms. The van der Waals surface area contributed by atoms with Crippen LogP contribution in [0.15, 0.2) is 34.9 Å². The first-order valence-corrected chi connectivity index (χ1v) is 6.96. The average molecular weight is 286 g/mol. The summed E-state index contributed by atoms with van der Waals surface area (Å²) in [5.41, 5.74) is 6.61. The lowest BCUT2D eigenvalue weighted by molar-refractivity contribution is 0.0713. The van der Waals surface area contributed by atoms with Gasteiger partial charge in [0.05, 0.1) is 5.69 Å². The van der Waals surface area contributed by atoms with Crippen molar-refractivity contribution in [1.29, 1.82) is 0 Å². The van der Waals surface area contributed by atoms with Crippen molar-refractivity contribution in [1.82, 2.24) is 9.88 Å². The highest BCUT2D eigenvalue weighted by atomic mass is 16.3. The van der Waals surface area contributed by atoms with E-state index in [1.54, 1.807) is 23.2 Å². The van der Waals surface area contributed by atoms with Crippen LogP contribution >= 0.6 is 0 Å². The van der Waals surface area contributed by atoms with Crippen LogP contribution in [-0.4, -0.2) is 42.0 Å². The zero-order chi connectivity index (χ0) is 14.8. The topological polar surface area (TPSA) is 75.6 Å². The molecule has 1 aliphatic rings. The third-order valence-corrected chi connectivity index (χ3v) is 3.63. The molecule has 3 heterocycles. The molecule has 3 rings (SSSR count). The number of carbonyl (C=O) groups is 1. The van der Waals surface area contributed by atoms with E-state index in [9.17, 15) is 4.79 Å².